The van der Waals surface area contributed by atoms with Gasteiger partial charge in [-0.15, -0.1) is 23.5 Å². The maximum absolute atomic E-state index is 14.0. The van der Waals surface area contributed by atoms with E-state index in [1.807, 2.05) is 72.1 Å². The van der Waals surface area contributed by atoms with Crippen LogP contribution in [0.25, 0.3) is 0 Å². The van der Waals surface area contributed by atoms with E-state index in [2.05, 4.69) is 5.32 Å². The molecule has 8 nitrogen and oxygen atoms in total. The van der Waals surface area contributed by atoms with Crippen LogP contribution in [0.5, 0.6) is 0 Å². The lowest BCUT2D eigenvalue weighted by atomic mass is 10.0. The Morgan fingerprint density at radius 2 is 1.76 bits per heavy atom. The van der Waals surface area contributed by atoms with Gasteiger partial charge in [-0.25, -0.2) is 9.59 Å². The van der Waals surface area contributed by atoms with E-state index in [0.29, 0.717) is 23.2 Å². The SMILES string of the molecule is CC(C)(C)OC(=O)N[C@@H]1C(=O)N2C(C(=O)OC(c3ccccc3)c3ccccc3)=C(/C=C/SC3CCOC3)CS[C@H]12. The molecule has 2 aromatic rings. The fourth-order valence-electron chi connectivity index (χ4n) is 4.79. The number of hydrogen-bond acceptors (Lipinski definition) is 8. The van der Waals surface area contributed by atoms with Crippen molar-refractivity contribution in [1.82, 2.24) is 10.2 Å². The molecule has 3 atom stereocenters. The third-order valence-corrected chi connectivity index (χ3v) is 9.07. The van der Waals surface area contributed by atoms with Crippen molar-refractivity contribution < 1.29 is 28.6 Å². The predicted molar refractivity (Wildman–Crippen MR) is 160 cm³/mol. The number of hydrogen-bond donors (Lipinski definition) is 1. The third kappa shape index (κ3) is 6.99. The van der Waals surface area contributed by atoms with E-state index in [1.165, 1.54) is 16.7 Å². The van der Waals surface area contributed by atoms with Crippen molar-refractivity contribution in [2.45, 2.75) is 55.6 Å². The first kappa shape index (κ1) is 29.3. The van der Waals surface area contributed by atoms with Gasteiger partial charge in [-0.1, -0.05) is 60.7 Å². The second-order valence-electron chi connectivity index (χ2n) is 10.9. The van der Waals surface area contributed by atoms with Gasteiger partial charge < -0.3 is 19.5 Å². The van der Waals surface area contributed by atoms with Crippen molar-refractivity contribution in [3.63, 3.8) is 0 Å². The summed E-state index contributed by atoms with van der Waals surface area (Å²) in [5.41, 5.74) is 1.85. The molecular weight excluding hydrogens is 560 g/mol. The van der Waals surface area contributed by atoms with E-state index < -0.39 is 35.2 Å². The molecule has 0 saturated carbocycles. The van der Waals surface area contributed by atoms with Crippen LogP contribution in [0.3, 0.4) is 0 Å². The van der Waals surface area contributed by atoms with Gasteiger partial charge in [0.25, 0.3) is 5.91 Å². The molecule has 0 spiro atoms. The molecule has 3 aliphatic rings. The maximum atomic E-state index is 14.0. The monoisotopic (exact) mass is 594 g/mol. The molecule has 5 rings (SSSR count). The Morgan fingerprint density at radius 1 is 1.10 bits per heavy atom. The van der Waals surface area contributed by atoms with Gasteiger partial charge in [-0.3, -0.25) is 9.69 Å². The zero-order valence-electron chi connectivity index (χ0n) is 23.3. The smallest absolute Gasteiger partial charge is 0.408 e. The summed E-state index contributed by atoms with van der Waals surface area (Å²) in [6.07, 6.45) is 1.54. The Labute approximate surface area is 248 Å². The summed E-state index contributed by atoms with van der Waals surface area (Å²) >= 11 is 3.15. The van der Waals surface area contributed by atoms with Crippen LogP contribution in [0, 0.1) is 0 Å². The number of nitrogens with zero attached hydrogens (tertiary/aromatic N) is 1. The number of carbonyl (C=O) groups is 3. The molecule has 10 heteroatoms. The summed E-state index contributed by atoms with van der Waals surface area (Å²) in [5, 5.41) is 4.57. The van der Waals surface area contributed by atoms with Crippen LogP contribution in [0.1, 0.15) is 44.4 Å². The number of amides is 2. The van der Waals surface area contributed by atoms with E-state index in [9.17, 15) is 14.4 Å². The molecule has 1 N–H and O–H groups in total. The number of β-lactam (4-membered cyclic amide) rings is 1. The van der Waals surface area contributed by atoms with Crippen LogP contribution < -0.4 is 5.32 Å². The highest BCUT2D eigenvalue weighted by molar-refractivity contribution is 8.02. The number of ether oxygens (including phenoxy) is 3. The van der Waals surface area contributed by atoms with Crippen molar-refractivity contribution in [1.29, 1.82) is 0 Å². The number of nitrogens with one attached hydrogen (secondary N) is 1. The molecule has 0 radical (unpaired) electrons. The van der Waals surface area contributed by atoms with Crippen LogP contribution in [-0.2, 0) is 23.8 Å². The van der Waals surface area contributed by atoms with Gasteiger partial charge in [0.2, 0.25) is 0 Å². The summed E-state index contributed by atoms with van der Waals surface area (Å²) in [5.74, 6) is -0.491. The van der Waals surface area contributed by atoms with E-state index in [4.69, 9.17) is 14.2 Å². The molecular formula is C31H34N2O6S2. The minimum Gasteiger partial charge on any atom is -0.448 e. The lowest BCUT2D eigenvalue weighted by Gasteiger charge is -2.49. The molecule has 0 aliphatic carbocycles. The van der Waals surface area contributed by atoms with Gasteiger partial charge in [-0.2, -0.15) is 0 Å². The fraction of sp³-hybridized carbons (Fsp3) is 0.387. The van der Waals surface area contributed by atoms with Gasteiger partial charge in [-0.05, 0) is 55.4 Å². The maximum Gasteiger partial charge on any atom is 0.408 e. The molecule has 2 amide bonds. The minimum atomic E-state index is -0.799. The lowest BCUT2D eigenvalue weighted by molar-refractivity contribution is -0.153. The number of carbonyl (C=O) groups excluding carboxylic acids is 3. The van der Waals surface area contributed by atoms with Crippen molar-refractivity contribution in [3.8, 4) is 0 Å². The second-order valence-corrected chi connectivity index (χ2v) is 13.3. The zero-order chi connectivity index (χ0) is 29.0. The lowest BCUT2D eigenvalue weighted by Crippen LogP contribution is -2.70. The van der Waals surface area contributed by atoms with Gasteiger partial charge in [0, 0.05) is 17.6 Å². The summed E-state index contributed by atoms with van der Waals surface area (Å²) in [4.78, 5) is 41.3. The van der Waals surface area contributed by atoms with E-state index in [1.54, 1.807) is 32.5 Å². The molecule has 2 saturated heterocycles. The Bertz CT molecular complexity index is 1280. The molecule has 0 bridgehead atoms. The van der Waals surface area contributed by atoms with E-state index >= 15 is 0 Å². The number of thioether (sulfide) groups is 2. The highest BCUT2D eigenvalue weighted by Crippen LogP contribution is 2.42. The van der Waals surface area contributed by atoms with Crippen LogP contribution >= 0.6 is 23.5 Å². The average Bonchev–Trinajstić information content (AvgIpc) is 3.48. The first-order valence-corrected chi connectivity index (χ1v) is 15.6. The van der Waals surface area contributed by atoms with E-state index in [-0.39, 0.29) is 11.6 Å². The molecule has 2 fully saturated rings. The molecule has 1 unspecified atom stereocenters. The number of alkyl carbamates (subject to hydrolysis) is 1. The molecule has 216 valence electrons. The topological polar surface area (TPSA) is 94.2 Å². The Kier molecular flexibility index (Phi) is 9.11. The van der Waals surface area contributed by atoms with Gasteiger partial charge in [0.1, 0.15) is 22.7 Å². The summed E-state index contributed by atoms with van der Waals surface area (Å²) < 4.78 is 17.0. The van der Waals surface area contributed by atoms with Crippen LogP contribution in [0.4, 0.5) is 4.79 Å². The summed E-state index contributed by atoms with van der Waals surface area (Å²) in [6, 6.07) is 18.3. The average molecular weight is 595 g/mol. The Hall–Kier alpha value is -3.21. The Balaban J connectivity index is 1.42. The van der Waals surface area contributed by atoms with Crippen molar-refractivity contribution >= 4 is 41.5 Å². The van der Waals surface area contributed by atoms with Crippen molar-refractivity contribution in [2.75, 3.05) is 19.0 Å². The van der Waals surface area contributed by atoms with Crippen LogP contribution in [0.15, 0.2) is 83.4 Å². The van der Waals surface area contributed by atoms with Crippen molar-refractivity contribution in [2.24, 2.45) is 0 Å². The highest BCUT2D eigenvalue weighted by Gasteiger charge is 2.54. The largest absolute Gasteiger partial charge is 0.448 e. The zero-order valence-corrected chi connectivity index (χ0v) is 24.9. The van der Waals surface area contributed by atoms with Crippen molar-refractivity contribution in [3.05, 3.63) is 94.5 Å². The number of rotatable bonds is 8. The first-order chi connectivity index (χ1) is 19.7. The van der Waals surface area contributed by atoms with Gasteiger partial charge >= 0.3 is 12.1 Å². The first-order valence-electron chi connectivity index (χ1n) is 13.6. The minimum absolute atomic E-state index is 0.206. The van der Waals surface area contributed by atoms with Gasteiger partial charge in [0.05, 0.1) is 6.61 Å². The number of benzene rings is 2. The molecule has 41 heavy (non-hydrogen) atoms. The molecule has 0 aromatic heterocycles. The molecule has 3 aliphatic heterocycles. The highest BCUT2D eigenvalue weighted by atomic mass is 32.2. The number of esters is 1. The predicted octanol–water partition coefficient (Wildman–Crippen LogP) is 5.42. The number of allylic oxidation sites excluding steroid dienone is 1. The second kappa shape index (κ2) is 12.8. The van der Waals surface area contributed by atoms with Crippen LogP contribution in [-0.4, -0.2) is 64.1 Å². The quantitative estimate of drug-likeness (QED) is 0.320. The van der Waals surface area contributed by atoms with Gasteiger partial charge in [0.15, 0.2) is 6.10 Å². The molecule has 3 heterocycles. The fourth-order valence-corrected chi connectivity index (χ4v) is 6.99. The van der Waals surface area contributed by atoms with E-state index in [0.717, 1.165) is 24.2 Å². The third-order valence-electron chi connectivity index (χ3n) is 6.72. The number of fused-ring (bicyclic) bond motifs is 1. The summed E-state index contributed by atoms with van der Waals surface area (Å²) in [6.45, 7) is 6.73. The summed E-state index contributed by atoms with van der Waals surface area (Å²) in [7, 11) is 0. The Morgan fingerprint density at radius 3 is 2.34 bits per heavy atom. The normalized spacial score (nSPS) is 22.5. The molecule has 2 aromatic carbocycles. The standard InChI is InChI=1S/C31H34N2O6S2/c1-31(2,3)39-30(36)32-24-27(34)33-25(22(19-41-28(24)33)15-17-40-23-14-16-37-18-23)29(35)38-26(20-10-6-4-7-11-20)21-12-8-5-9-13-21/h4-13,15,17,23-24,26,28H,14,16,18-19H2,1-3H3,(H,32,36)/b17-15+/t23?,24-,28-/m1/s1. The van der Waals surface area contributed by atoms with Crippen LogP contribution in [0.2, 0.25) is 0 Å².